The van der Waals surface area contributed by atoms with Gasteiger partial charge in [0.15, 0.2) is 0 Å². The molecule has 0 aliphatic carbocycles. The number of carbonyl (C=O) groups is 2. The summed E-state index contributed by atoms with van der Waals surface area (Å²) in [4.78, 5) is 29.3. The van der Waals surface area contributed by atoms with Crippen molar-refractivity contribution in [3.63, 3.8) is 0 Å². The Balaban J connectivity index is 1.35. The SMILES string of the molecule is Cc1ccc(/C=C2\SC(=S)N(CCCC(=O)NCCCN3CCOCC3)C2=O)cc1. The maximum atomic E-state index is 12.7. The van der Waals surface area contributed by atoms with E-state index in [0.717, 1.165) is 44.8 Å². The zero-order chi connectivity index (χ0) is 21.3. The number of hydrogen-bond acceptors (Lipinski definition) is 6. The van der Waals surface area contributed by atoms with Crippen LogP contribution in [-0.2, 0) is 14.3 Å². The Kier molecular flexibility index (Phi) is 8.87. The van der Waals surface area contributed by atoms with Crippen molar-refractivity contribution in [2.75, 3.05) is 45.9 Å². The van der Waals surface area contributed by atoms with Gasteiger partial charge in [-0.25, -0.2) is 0 Å². The van der Waals surface area contributed by atoms with Gasteiger partial charge >= 0.3 is 0 Å². The van der Waals surface area contributed by atoms with E-state index in [1.807, 2.05) is 37.3 Å². The van der Waals surface area contributed by atoms with Crippen molar-refractivity contribution in [2.45, 2.75) is 26.2 Å². The Morgan fingerprint density at radius 1 is 1.20 bits per heavy atom. The third-order valence-corrected chi connectivity index (χ3v) is 6.49. The van der Waals surface area contributed by atoms with Crippen LogP contribution in [0.4, 0.5) is 0 Å². The molecule has 2 heterocycles. The number of hydrogen-bond donors (Lipinski definition) is 1. The van der Waals surface area contributed by atoms with Crippen LogP contribution >= 0.6 is 24.0 Å². The average molecular weight is 448 g/mol. The summed E-state index contributed by atoms with van der Waals surface area (Å²) in [5.74, 6) is -0.0471. The lowest BCUT2D eigenvalue weighted by Gasteiger charge is -2.26. The zero-order valence-corrected chi connectivity index (χ0v) is 19.0. The number of aryl methyl sites for hydroxylation is 1. The van der Waals surface area contributed by atoms with Crippen LogP contribution in [0.5, 0.6) is 0 Å². The van der Waals surface area contributed by atoms with Gasteiger partial charge in [-0.15, -0.1) is 0 Å². The Morgan fingerprint density at radius 2 is 1.93 bits per heavy atom. The van der Waals surface area contributed by atoms with Crippen LogP contribution < -0.4 is 5.32 Å². The number of morpholine rings is 1. The van der Waals surface area contributed by atoms with Crippen LogP contribution in [0.15, 0.2) is 29.2 Å². The quantitative estimate of drug-likeness (QED) is 0.357. The molecule has 1 aromatic carbocycles. The molecule has 0 saturated carbocycles. The number of amides is 2. The van der Waals surface area contributed by atoms with Crippen molar-refractivity contribution >= 4 is 46.2 Å². The van der Waals surface area contributed by atoms with Gasteiger partial charge in [-0.1, -0.05) is 53.8 Å². The molecule has 3 rings (SSSR count). The second-order valence-corrected chi connectivity index (χ2v) is 9.18. The van der Waals surface area contributed by atoms with E-state index in [9.17, 15) is 9.59 Å². The van der Waals surface area contributed by atoms with Gasteiger partial charge in [-0.3, -0.25) is 19.4 Å². The molecule has 6 nitrogen and oxygen atoms in total. The minimum Gasteiger partial charge on any atom is -0.379 e. The van der Waals surface area contributed by atoms with E-state index in [-0.39, 0.29) is 11.8 Å². The van der Waals surface area contributed by atoms with E-state index < -0.39 is 0 Å². The van der Waals surface area contributed by atoms with Gasteiger partial charge in [0, 0.05) is 32.6 Å². The summed E-state index contributed by atoms with van der Waals surface area (Å²) >= 11 is 6.70. The minimum atomic E-state index is -0.0727. The van der Waals surface area contributed by atoms with Crippen LogP contribution in [0.25, 0.3) is 6.08 Å². The second-order valence-electron chi connectivity index (χ2n) is 7.51. The molecule has 2 fully saturated rings. The molecule has 2 saturated heterocycles. The van der Waals surface area contributed by atoms with E-state index in [1.165, 1.54) is 17.3 Å². The summed E-state index contributed by atoms with van der Waals surface area (Å²) in [5.41, 5.74) is 2.16. The molecule has 162 valence electrons. The van der Waals surface area contributed by atoms with Crippen molar-refractivity contribution in [3.05, 3.63) is 40.3 Å². The normalized spacial score (nSPS) is 19.0. The monoisotopic (exact) mass is 447 g/mol. The van der Waals surface area contributed by atoms with Gasteiger partial charge in [0.25, 0.3) is 5.91 Å². The first-order chi connectivity index (χ1) is 14.5. The molecule has 1 N–H and O–H groups in total. The van der Waals surface area contributed by atoms with Crippen molar-refractivity contribution in [2.24, 2.45) is 0 Å². The maximum absolute atomic E-state index is 12.7. The summed E-state index contributed by atoms with van der Waals surface area (Å²) in [6, 6.07) is 8.02. The van der Waals surface area contributed by atoms with Crippen LogP contribution in [0, 0.1) is 6.92 Å². The van der Waals surface area contributed by atoms with E-state index in [2.05, 4.69) is 10.2 Å². The molecular formula is C22H29N3O3S2. The smallest absolute Gasteiger partial charge is 0.266 e. The molecule has 2 aliphatic heterocycles. The van der Waals surface area contributed by atoms with Gasteiger partial charge < -0.3 is 10.1 Å². The number of benzene rings is 1. The number of thiocarbonyl (C=S) groups is 1. The molecule has 2 aliphatic rings. The fourth-order valence-corrected chi connectivity index (χ4v) is 4.66. The van der Waals surface area contributed by atoms with E-state index in [1.54, 1.807) is 4.90 Å². The van der Waals surface area contributed by atoms with Crippen molar-refractivity contribution in [1.82, 2.24) is 15.1 Å². The van der Waals surface area contributed by atoms with Gasteiger partial charge in [0.1, 0.15) is 4.32 Å². The lowest BCUT2D eigenvalue weighted by atomic mass is 10.1. The fraction of sp³-hybridized carbons (Fsp3) is 0.500. The average Bonchev–Trinajstić information content (AvgIpc) is 3.01. The Bertz CT molecular complexity index is 789. The molecule has 8 heteroatoms. The van der Waals surface area contributed by atoms with E-state index in [0.29, 0.717) is 35.2 Å². The lowest BCUT2D eigenvalue weighted by molar-refractivity contribution is -0.124. The Hall–Kier alpha value is -1.74. The highest BCUT2D eigenvalue weighted by atomic mass is 32.2. The highest BCUT2D eigenvalue weighted by Gasteiger charge is 2.31. The largest absolute Gasteiger partial charge is 0.379 e. The molecular weight excluding hydrogens is 418 g/mol. The summed E-state index contributed by atoms with van der Waals surface area (Å²) in [6.45, 7) is 7.68. The standard InChI is InChI=1S/C22H29N3O3S2/c1-17-5-7-18(8-6-17)16-19-21(27)25(22(29)30-19)11-2-4-20(26)23-9-3-10-24-12-14-28-15-13-24/h5-8,16H,2-4,9-15H2,1H3,(H,23,26)/b19-16-. The zero-order valence-electron chi connectivity index (χ0n) is 17.4. The maximum Gasteiger partial charge on any atom is 0.266 e. The predicted molar refractivity (Wildman–Crippen MR) is 125 cm³/mol. The summed E-state index contributed by atoms with van der Waals surface area (Å²) in [7, 11) is 0. The van der Waals surface area contributed by atoms with Crippen molar-refractivity contribution < 1.29 is 14.3 Å². The molecule has 1 aromatic rings. The molecule has 2 amide bonds. The highest BCUT2D eigenvalue weighted by Crippen LogP contribution is 2.32. The van der Waals surface area contributed by atoms with Crippen molar-refractivity contribution in [3.8, 4) is 0 Å². The number of nitrogens with one attached hydrogen (secondary N) is 1. The summed E-state index contributed by atoms with van der Waals surface area (Å²) < 4.78 is 5.89. The van der Waals surface area contributed by atoms with Gasteiger partial charge in [0.05, 0.1) is 18.1 Å². The molecule has 0 bridgehead atoms. The Labute approximate surface area is 188 Å². The number of rotatable bonds is 9. The number of carbonyl (C=O) groups excluding carboxylic acids is 2. The first-order valence-corrected chi connectivity index (χ1v) is 11.6. The van der Waals surface area contributed by atoms with E-state index >= 15 is 0 Å². The molecule has 0 spiro atoms. The topological polar surface area (TPSA) is 61.9 Å². The van der Waals surface area contributed by atoms with Gasteiger partial charge in [-0.2, -0.15) is 0 Å². The van der Waals surface area contributed by atoms with Crippen LogP contribution in [0.2, 0.25) is 0 Å². The number of nitrogens with zero attached hydrogens (tertiary/aromatic N) is 2. The fourth-order valence-electron chi connectivity index (χ4n) is 3.35. The van der Waals surface area contributed by atoms with Crippen LogP contribution in [-0.4, -0.2) is 71.9 Å². The molecule has 30 heavy (non-hydrogen) atoms. The first-order valence-electron chi connectivity index (χ1n) is 10.4. The van der Waals surface area contributed by atoms with Crippen LogP contribution in [0.3, 0.4) is 0 Å². The molecule has 0 aromatic heterocycles. The lowest BCUT2D eigenvalue weighted by Crippen LogP contribution is -2.38. The first kappa shape index (κ1) is 22.9. The van der Waals surface area contributed by atoms with Gasteiger partial charge in [0.2, 0.25) is 5.91 Å². The number of ether oxygens (including phenoxy) is 1. The molecule has 0 atom stereocenters. The number of thioether (sulfide) groups is 1. The van der Waals surface area contributed by atoms with Gasteiger partial charge in [-0.05, 0) is 37.9 Å². The molecule has 0 unspecified atom stereocenters. The molecule has 0 radical (unpaired) electrons. The van der Waals surface area contributed by atoms with E-state index in [4.69, 9.17) is 17.0 Å². The minimum absolute atomic E-state index is 0.0256. The Morgan fingerprint density at radius 3 is 2.67 bits per heavy atom. The summed E-state index contributed by atoms with van der Waals surface area (Å²) in [6.07, 6.45) is 3.80. The highest BCUT2D eigenvalue weighted by molar-refractivity contribution is 8.26. The third-order valence-electron chi connectivity index (χ3n) is 5.11. The second kappa shape index (κ2) is 11.6. The van der Waals surface area contributed by atoms with Crippen LogP contribution in [0.1, 0.15) is 30.4 Å². The predicted octanol–water partition coefficient (Wildman–Crippen LogP) is 2.81. The van der Waals surface area contributed by atoms with Crippen molar-refractivity contribution in [1.29, 1.82) is 0 Å². The summed E-state index contributed by atoms with van der Waals surface area (Å²) in [5, 5.41) is 2.97. The third kappa shape index (κ3) is 6.91.